The molecular weight excluding hydrogens is 252 g/mol. The summed E-state index contributed by atoms with van der Waals surface area (Å²) in [4.78, 5) is 13.0. The summed E-state index contributed by atoms with van der Waals surface area (Å²) >= 11 is 0. The minimum absolute atomic E-state index is 0.106. The Morgan fingerprint density at radius 1 is 1.25 bits per heavy atom. The van der Waals surface area contributed by atoms with Gasteiger partial charge in [0.05, 0.1) is 6.07 Å². The van der Waals surface area contributed by atoms with Crippen molar-refractivity contribution < 1.29 is 0 Å². The maximum absolute atomic E-state index is 9.35. The molecule has 1 aromatic rings. The summed E-state index contributed by atoms with van der Waals surface area (Å²) in [7, 11) is 0. The lowest BCUT2D eigenvalue weighted by Gasteiger charge is -2.38. The van der Waals surface area contributed by atoms with Crippen LogP contribution in [0.5, 0.6) is 0 Å². The molecule has 20 heavy (non-hydrogen) atoms. The number of anilines is 1. The van der Waals surface area contributed by atoms with Crippen LogP contribution in [-0.4, -0.2) is 46.6 Å². The van der Waals surface area contributed by atoms with Gasteiger partial charge in [-0.2, -0.15) is 10.5 Å². The van der Waals surface area contributed by atoms with Crippen molar-refractivity contribution in [3.63, 3.8) is 0 Å². The fourth-order valence-electron chi connectivity index (χ4n) is 2.69. The first-order valence-electron chi connectivity index (χ1n) is 6.87. The molecule has 0 radical (unpaired) electrons. The van der Waals surface area contributed by atoms with Gasteiger partial charge in [-0.05, 0) is 25.8 Å². The van der Waals surface area contributed by atoms with Crippen LogP contribution in [0, 0.1) is 29.6 Å². The van der Waals surface area contributed by atoms with E-state index in [1.165, 1.54) is 12.8 Å². The molecule has 0 spiro atoms. The molecule has 1 aliphatic carbocycles. The molecule has 0 aromatic carbocycles. The van der Waals surface area contributed by atoms with Crippen molar-refractivity contribution in [2.45, 2.75) is 31.8 Å². The van der Waals surface area contributed by atoms with E-state index in [4.69, 9.17) is 5.26 Å². The van der Waals surface area contributed by atoms with E-state index in [-0.39, 0.29) is 6.04 Å². The van der Waals surface area contributed by atoms with Gasteiger partial charge in [-0.3, -0.25) is 4.90 Å². The Morgan fingerprint density at radius 2 is 2.05 bits per heavy atom. The maximum Gasteiger partial charge on any atom is 0.226 e. The zero-order valence-electron chi connectivity index (χ0n) is 11.5. The Kier molecular flexibility index (Phi) is 3.25. The number of piperazine rings is 1. The van der Waals surface area contributed by atoms with Crippen molar-refractivity contribution in [1.82, 2.24) is 14.9 Å². The van der Waals surface area contributed by atoms with Gasteiger partial charge in [-0.25, -0.2) is 9.97 Å². The van der Waals surface area contributed by atoms with Crippen LogP contribution < -0.4 is 4.90 Å². The summed E-state index contributed by atoms with van der Waals surface area (Å²) < 4.78 is 0. The van der Waals surface area contributed by atoms with Crippen LogP contribution >= 0.6 is 0 Å². The average molecular weight is 268 g/mol. The second-order valence-electron chi connectivity index (χ2n) is 5.37. The molecule has 1 aromatic heterocycles. The lowest BCUT2D eigenvalue weighted by atomic mass is 10.2. The van der Waals surface area contributed by atoms with Gasteiger partial charge in [0.1, 0.15) is 17.8 Å². The van der Waals surface area contributed by atoms with Gasteiger partial charge in [0, 0.05) is 31.4 Å². The van der Waals surface area contributed by atoms with Crippen LogP contribution in [0.15, 0.2) is 6.07 Å². The first kappa shape index (κ1) is 12.8. The number of aryl methyl sites for hydroxylation is 1. The van der Waals surface area contributed by atoms with E-state index in [2.05, 4.69) is 27.0 Å². The van der Waals surface area contributed by atoms with Crippen LogP contribution in [-0.2, 0) is 0 Å². The number of aromatic nitrogens is 2. The topological polar surface area (TPSA) is 79.8 Å². The van der Waals surface area contributed by atoms with Gasteiger partial charge in [0.2, 0.25) is 5.95 Å². The number of nitriles is 2. The van der Waals surface area contributed by atoms with Crippen molar-refractivity contribution in [1.29, 1.82) is 10.5 Å². The second kappa shape index (κ2) is 5.07. The molecule has 1 aliphatic heterocycles. The summed E-state index contributed by atoms with van der Waals surface area (Å²) in [6.45, 7) is 4.14. The van der Waals surface area contributed by atoms with Crippen LogP contribution in [0.2, 0.25) is 0 Å². The highest BCUT2D eigenvalue weighted by atomic mass is 15.3. The third-order valence-corrected chi connectivity index (χ3v) is 3.83. The predicted molar refractivity (Wildman–Crippen MR) is 72.8 cm³/mol. The molecule has 1 saturated carbocycles. The van der Waals surface area contributed by atoms with Crippen molar-refractivity contribution in [3.05, 3.63) is 17.5 Å². The van der Waals surface area contributed by atoms with Crippen molar-refractivity contribution >= 4 is 5.95 Å². The van der Waals surface area contributed by atoms with E-state index in [0.717, 1.165) is 18.8 Å². The molecule has 6 nitrogen and oxygen atoms in total. The molecule has 0 bridgehead atoms. The second-order valence-corrected chi connectivity index (χ2v) is 5.37. The number of nitrogens with zero attached hydrogens (tertiary/aromatic N) is 6. The Balaban J connectivity index is 1.80. The molecule has 6 heteroatoms. The van der Waals surface area contributed by atoms with Crippen LogP contribution in [0.4, 0.5) is 5.95 Å². The van der Waals surface area contributed by atoms with E-state index >= 15 is 0 Å². The van der Waals surface area contributed by atoms with E-state index < -0.39 is 0 Å². The van der Waals surface area contributed by atoms with Gasteiger partial charge in [-0.15, -0.1) is 0 Å². The smallest absolute Gasteiger partial charge is 0.226 e. The molecule has 102 valence electrons. The van der Waals surface area contributed by atoms with Gasteiger partial charge in [-0.1, -0.05) is 0 Å². The molecule has 1 unspecified atom stereocenters. The fraction of sp³-hybridized carbons (Fsp3) is 0.571. The molecule has 0 N–H and O–H groups in total. The third-order valence-electron chi connectivity index (χ3n) is 3.83. The number of hydrogen-bond acceptors (Lipinski definition) is 6. The highest BCUT2D eigenvalue weighted by Gasteiger charge is 2.38. The van der Waals surface area contributed by atoms with Crippen molar-refractivity contribution in [2.75, 3.05) is 24.5 Å². The predicted octanol–water partition coefficient (Wildman–Crippen LogP) is 0.833. The quantitative estimate of drug-likeness (QED) is 0.790. The average Bonchev–Trinajstić information content (AvgIpc) is 3.30. The summed E-state index contributed by atoms with van der Waals surface area (Å²) in [5.41, 5.74) is 1.16. The van der Waals surface area contributed by atoms with Gasteiger partial charge in [0.15, 0.2) is 0 Å². The fourth-order valence-corrected chi connectivity index (χ4v) is 2.69. The Hall–Kier alpha value is -2.18. The van der Waals surface area contributed by atoms with E-state index in [1.807, 2.05) is 11.8 Å². The highest BCUT2D eigenvalue weighted by molar-refractivity contribution is 5.37. The lowest BCUT2D eigenvalue weighted by Crippen LogP contribution is -2.53. The maximum atomic E-state index is 9.35. The summed E-state index contributed by atoms with van der Waals surface area (Å²) in [5.74, 6) is 0.567. The Labute approximate surface area is 118 Å². The largest absolute Gasteiger partial charge is 0.337 e. The minimum atomic E-state index is -0.106. The number of hydrogen-bond donors (Lipinski definition) is 0. The zero-order valence-corrected chi connectivity index (χ0v) is 11.5. The van der Waals surface area contributed by atoms with E-state index in [9.17, 15) is 5.26 Å². The Morgan fingerprint density at radius 3 is 2.70 bits per heavy atom. The molecule has 1 saturated heterocycles. The van der Waals surface area contributed by atoms with Crippen LogP contribution in [0.25, 0.3) is 0 Å². The molecular formula is C14H16N6. The normalized spacial score (nSPS) is 23.1. The van der Waals surface area contributed by atoms with Crippen LogP contribution in [0.3, 0.4) is 0 Å². The first-order valence-corrected chi connectivity index (χ1v) is 6.87. The van der Waals surface area contributed by atoms with Gasteiger partial charge in [0.25, 0.3) is 0 Å². The van der Waals surface area contributed by atoms with E-state index in [0.29, 0.717) is 24.2 Å². The Bertz CT molecular complexity index is 595. The standard InChI is InChI=1S/C14H16N6/c1-10-6-11(7-15)18-14(17-10)19-4-5-20(12-2-3-12)13(8-16)9-19/h6,12-13H,2-5,9H2,1H3. The summed E-state index contributed by atoms with van der Waals surface area (Å²) in [6.07, 6.45) is 2.41. The molecule has 1 atom stereocenters. The SMILES string of the molecule is Cc1cc(C#N)nc(N2CCN(C3CC3)C(C#N)C2)n1. The molecule has 3 rings (SSSR count). The molecule has 2 fully saturated rings. The van der Waals surface area contributed by atoms with Crippen molar-refractivity contribution in [2.24, 2.45) is 0 Å². The highest BCUT2D eigenvalue weighted by Crippen LogP contribution is 2.30. The minimum Gasteiger partial charge on any atom is -0.337 e. The van der Waals surface area contributed by atoms with E-state index in [1.54, 1.807) is 6.07 Å². The number of rotatable bonds is 2. The van der Waals surface area contributed by atoms with Crippen molar-refractivity contribution in [3.8, 4) is 12.1 Å². The monoisotopic (exact) mass is 268 g/mol. The lowest BCUT2D eigenvalue weighted by molar-refractivity contribution is 0.203. The summed E-state index contributed by atoms with van der Waals surface area (Å²) in [5, 5.41) is 18.3. The van der Waals surface area contributed by atoms with Gasteiger partial charge >= 0.3 is 0 Å². The molecule has 2 heterocycles. The third kappa shape index (κ3) is 2.43. The first-order chi connectivity index (χ1) is 9.71. The summed E-state index contributed by atoms with van der Waals surface area (Å²) in [6, 6.07) is 6.60. The molecule has 2 aliphatic rings. The van der Waals surface area contributed by atoms with Gasteiger partial charge < -0.3 is 4.90 Å². The molecule has 0 amide bonds. The van der Waals surface area contributed by atoms with Crippen LogP contribution in [0.1, 0.15) is 24.2 Å². The zero-order chi connectivity index (χ0) is 14.1.